The SMILES string of the molecule is Cc1ccc(CC2CCCN2)cc1Cl. The van der Waals surface area contributed by atoms with E-state index in [9.17, 15) is 0 Å². The van der Waals surface area contributed by atoms with Crippen molar-refractivity contribution in [3.8, 4) is 0 Å². The van der Waals surface area contributed by atoms with Crippen molar-refractivity contribution in [3.63, 3.8) is 0 Å². The average molecular weight is 210 g/mol. The molecule has 76 valence electrons. The molecule has 1 aromatic rings. The highest BCUT2D eigenvalue weighted by atomic mass is 35.5. The lowest BCUT2D eigenvalue weighted by atomic mass is 10.0. The van der Waals surface area contributed by atoms with Crippen LogP contribution in [-0.4, -0.2) is 12.6 Å². The summed E-state index contributed by atoms with van der Waals surface area (Å²) >= 11 is 6.08. The molecular formula is C12H16ClN. The van der Waals surface area contributed by atoms with Crippen LogP contribution in [0.15, 0.2) is 18.2 Å². The Balaban J connectivity index is 2.05. The first-order chi connectivity index (χ1) is 6.75. The minimum atomic E-state index is 0.661. The zero-order valence-corrected chi connectivity index (χ0v) is 9.27. The first kappa shape index (κ1) is 10.0. The lowest BCUT2D eigenvalue weighted by Crippen LogP contribution is -2.23. The Kier molecular flexibility index (Phi) is 3.09. The van der Waals surface area contributed by atoms with Crippen LogP contribution in [0.25, 0.3) is 0 Å². The Morgan fingerprint density at radius 1 is 1.50 bits per heavy atom. The summed E-state index contributed by atoms with van der Waals surface area (Å²) in [6.45, 7) is 3.21. The summed E-state index contributed by atoms with van der Waals surface area (Å²) in [4.78, 5) is 0. The largest absolute Gasteiger partial charge is 0.314 e. The van der Waals surface area contributed by atoms with E-state index in [-0.39, 0.29) is 0 Å². The number of hydrogen-bond acceptors (Lipinski definition) is 1. The summed E-state index contributed by atoms with van der Waals surface area (Å²) in [5, 5.41) is 4.39. The van der Waals surface area contributed by atoms with Crippen LogP contribution < -0.4 is 5.32 Å². The van der Waals surface area contributed by atoms with Gasteiger partial charge >= 0.3 is 0 Å². The molecule has 0 saturated carbocycles. The fraction of sp³-hybridized carbons (Fsp3) is 0.500. The Bertz CT molecular complexity index is 316. The third kappa shape index (κ3) is 2.28. The minimum absolute atomic E-state index is 0.661. The lowest BCUT2D eigenvalue weighted by molar-refractivity contribution is 0.603. The van der Waals surface area contributed by atoms with Crippen LogP contribution in [0.4, 0.5) is 0 Å². The number of benzene rings is 1. The van der Waals surface area contributed by atoms with Crippen LogP contribution in [0.3, 0.4) is 0 Å². The van der Waals surface area contributed by atoms with E-state index < -0.39 is 0 Å². The molecule has 0 spiro atoms. The first-order valence-corrected chi connectivity index (χ1v) is 5.62. The van der Waals surface area contributed by atoms with E-state index in [0.717, 1.165) is 17.0 Å². The molecule has 1 aromatic carbocycles. The molecule has 0 bridgehead atoms. The molecule has 14 heavy (non-hydrogen) atoms. The highest BCUT2D eigenvalue weighted by Crippen LogP contribution is 2.19. The van der Waals surface area contributed by atoms with Gasteiger partial charge < -0.3 is 5.32 Å². The van der Waals surface area contributed by atoms with E-state index in [2.05, 4.69) is 23.5 Å². The van der Waals surface area contributed by atoms with E-state index in [1.54, 1.807) is 0 Å². The zero-order valence-electron chi connectivity index (χ0n) is 8.52. The predicted octanol–water partition coefficient (Wildman–Crippen LogP) is 2.94. The fourth-order valence-electron chi connectivity index (χ4n) is 1.98. The molecule has 1 aliphatic heterocycles. The predicted molar refractivity (Wildman–Crippen MR) is 60.9 cm³/mol. The molecule has 0 radical (unpaired) electrons. The summed E-state index contributed by atoms with van der Waals surface area (Å²) in [5.74, 6) is 0. The highest BCUT2D eigenvalue weighted by molar-refractivity contribution is 6.31. The zero-order chi connectivity index (χ0) is 9.97. The summed E-state index contributed by atoms with van der Waals surface area (Å²) in [6.07, 6.45) is 3.72. The molecule has 1 nitrogen and oxygen atoms in total. The maximum atomic E-state index is 6.08. The third-order valence-electron chi connectivity index (χ3n) is 2.88. The molecular weight excluding hydrogens is 194 g/mol. The lowest BCUT2D eigenvalue weighted by Gasteiger charge is -2.10. The van der Waals surface area contributed by atoms with Crippen molar-refractivity contribution >= 4 is 11.6 Å². The second-order valence-electron chi connectivity index (χ2n) is 4.08. The van der Waals surface area contributed by atoms with Gasteiger partial charge in [-0.1, -0.05) is 23.7 Å². The molecule has 1 unspecified atom stereocenters. The van der Waals surface area contributed by atoms with Gasteiger partial charge in [0.25, 0.3) is 0 Å². The fourth-order valence-corrected chi connectivity index (χ4v) is 2.18. The quantitative estimate of drug-likeness (QED) is 0.790. The molecule has 1 heterocycles. The van der Waals surface area contributed by atoms with Gasteiger partial charge in [-0.05, 0) is 49.9 Å². The molecule has 2 rings (SSSR count). The van der Waals surface area contributed by atoms with Crippen LogP contribution in [0.2, 0.25) is 5.02 Å². The smallest absolute Gasteiger partial charge is 0.0437 e. The Hall–Kier alpha value is -0.530. The van der Waals surface area contributed by atoms with Crippen LogP contribution in [-0.2, 0) is 6.42 Å². The maximum absolute atomic E-state index is 6.08. The Labute approximate surface area is 90.5 Å². The number of rotatable bonds is 2. The van der Waals surface area contributed by atoms with E-state index in [4.69, 9.17) is 11.6 Å². The van der Waals surface area contributed by atoms with E-state index >= 15 is 0 Å². The van der Waals surface area contributed by atoms with Crippen molar-refractivity contribution < 1.29 is 0 Å². The van der Waals surface area contributed by atoms with Crippen molar-refractivity contribution in [2.75, 3.05) is 6.54 Å². The monoisotopic (exact) mass is 209 g/mol. The summed E-state index contributed by atoms with van der Waals surface area (Å²) in [6, 6.07) is 7.04. The molecule has 1 aliphatic rings. The van der Waals surface area contributed by atoms with E-state index in [1.807, 2.05) is 6.92 Å². The number of aryl methyl sites for hydroxylation is 1. The maximum Gasteiger partial charge on any atom is 0.0437 e. The van der Waals surface area contributed by atoms with Crippen LogP contribution in [0.1, 0.15) is 24.0 Å². The number of nitrogens with one attached hydrogen (secondary N) is 1. The second kappa shape index (κ2) is 4.33. The van der Waals surface area contributed by atoms with Crippen molar-refractivity contribution in [2.24, 2.45) is 0 Å². The molecule has 1 saturated heterocycles. The van der Waals surface area contributed by atoms with E-state index in [0.29, 0.717) is 6.04 Å². The second-order valence-corrected chi connectivity index (χ2v) is 4.49. The van der Waals surface area contributed by atoms with Crippen LogP contribution >= 0.6 is 11.6 Å². The topological polar surface area (TPSA) is 12.0 Å². The number of hydrogen-bond donors (Lipinski definition) is 1. The average Bonchev–Trinajstić information content (AvgIpc) is 2.64. The van der Waals surface area contributed by atoms with Gasteiger partial charge in [0.1, 0.15) is 0 Å². The summed E-state index contributed by atoms with van der Waals surface area (Å²) < 4.78 is 0. The Morgan fingerprint density at radius 3 is 3.00 bits per heavy atom. The van der Waals surface area contributed by atoms with Crippen molar-refractivity contribution in [1.82, 2.24) is 5.32 Å². The minimum Gasteiger partial charge on any atom is -0.314 e. The van der Waals surface area contributed by atoms with Crippen LogP contribution in [0.5, 0.6) is 0 Å². The van der Waals surface area contributed by atoms with Crippen molar-refractivity contribution in [1.29, 1.82) is 0 Å². The van der Waals surface area contributed by atoms with Crippen LogP contribution in [0, 0.1) is 6.92 Å². The first-order valence-electron chi connectivity index (χ1n) is 5.24. The molecule has 2 heteroatoms. The van der Waals surface area contributed by atoms with Crippen molar-refractivity contribution in [2.45, 2.75) is 32.2 Å². The molecule has 0 aliphatic carbocycles. The van der Waals surface area contributed by atoms with Gasteiger partial charge in [-0.3, -0.25) is 0 Å². The van der Waals surface area contributed by atoms with Gasteiger partial charge in [0, 0.05) is 11.1 Å². The molecule has 1 N–H and O–H groups in total. The molecule has 1 atom stereocenters. The Morgan fingerprint density at radius 2 is 2.36 bits per heavy atom. The highest BCUT2D eigenvalue weighted by Gasteiger charge is 2.14. The molecule has 0 amide bonds. The van der Waals surface area contributed by atoms with Gasteiger partial charge in [0.15, 0.2) is 0 Å². The van der Waals surface area contributed by atoms with Crippen molar-refractivity contribution in [3.05, 3.63) is 34.3 Å². The van der Waals surface area contributed by atoms with Gasteiger partial charge in [-0.2, -0.15) is 0 Å². The molecule has 1 fully saturated rings. The van der Waals surface area contributed by atoms with Gasteiger partial charge in [-0.15, -0.1) is 0 Å². The third-order valence-corrected chi connectivity index (χ3v) is 3.29. The van der Waals surface area contributed by atoms with Gasteiger partial charge in [-0.25, -0.2) is 0 Å². The number of halogens is 1. The molecule has 0 aromatic heterocycles. The van der Waals surface area contributed by atoms with Gasteiger partial charge in [0.2, 0.25) is 0 Å². The summed E-state index contributed by atoms with van der Waals surface area (Å²) in [5.41, 5.74) is 2.51. The standard InChI is InChI=1S/C12H16ClN/c1-9-4-5-10(8-12(9)13)7-11-3-2-6-14-11/h4-5,8,11,14H,2-3,6-7H2,1H3. The van der Waals surface area contributed by atoms with Gasteiger partial charge in [0.05, 0.1) is 0 Å². The van der Waals surface area contributed by atoms with E-state index in [1.165, 1.54) is 24.9 Å². The summed E-state index contributed by atoms with van der Waals surface area (Å²) in [7, 11) is 0. The normalized spacial score (nSPS) is 21.4.